The van der Waals surface area contributed by atoms with Crippen LogP contribution in [-0.4, -0.2) is 9.78 Å². The Labute approximate surface area is 121 Å². The van der Waals surface area contributed by atoms with E-state index in [1.165, 1.54) is 38.5 Å². The van der Waals surface area contributed by atoms with Gasteiger partial charge in [-0.05, 0) is 31.6 Å². The van der Waals surface area contributed by atoms with Crippen molar-refractivity contribution in [2.75, 3.05) is 0 Å². The summed E-state index contributed by atoms with van der Waals surface area (Å²) in [5, 5.41) is 5.03. The molecular weight excluding hydrogens is 258 g/mol. The van der Waals surface area contributed by atoms with Crippen molar-refractivity contribution in [3.8, 4) is 0 Å². The molecule has 1 aromatic heterocycles. The fourth-order valence-corrected chi connectivity index (χ4v) is 3.69. The first kappa shape index (κ1) is 14.9. The molecule has 0 aromatic carbocycles. The quantitative estimate of drug-likeness (QED) is 0.882. The van der Waals surface area contributed by atoms with Gasteiger partial charge in [0.2, 0.25) is 0 Å². The third-order valence-corrected chi connectivity index (χ3v) is 4.84. The minimum Gasteiger partial charge on any atom is -0.322 e. The van der Waals surface area contributed by atoms with Gasteiger partial charge in [0.15, 0.2) is 0 Å². The van der Waals surface area contributed by atoms with Crippen LogP contribution < -0.4 is 5.73 Å². The van der Waals surface area contributed by atoms with E-state index in [1.54, 1.807) is 6.20 Å². The van der Waals surface area contributed by atoms with E-state index in [9.17, 15) is 0 Å². The van der Waals surface area contributed by atoms with Crippen molar-refractivity contribution in [1.82, 2.24) is 9.78 Å². The number of aryl methyl sites for hydroxylation is 1. The predicted molar refractivity (Wildman–Crippen MR) is 80.2 cm³/mol. The van der Waals surface area contributed by atoms with Crippen molar-refractivity contribution in [2.45, 2.75) is 65.0 Å². The Hall–Kier alpha value is -0.540. The van der Waals surface area contributed by atoms with Crippen LogP contribution in [0.1, 0.15) is 64.1 Å². The summed E-state index contributed by atoms with van der Waals surface area (Å²) in [6.45, 7) is 5.19. The molecule has 1 atom stereocenters. The second-order valence-corrected chi connectivity index (χ2v) is 6.20. The van der Waals surface area contributed by atoms with Gasteiger partial charge in [-0.15, -0.1) is 0 Å². The lowest BCUT2D eigenvalue weighted by molar-refractivity contribution is 0.230. The van der Waals surface area contributed by atoms with Gasteiger partial charge in [0.1, 0.15) is 0 Å². The van der Waals surface area contributed by atoms with Gasteiger partial charge in [0.05, 0.1) is 23.0 Å². The maximum Gasteiger partial charge on any atom is 0.0834 e. The van der Waals surface area contributed by atoms with Gasteiger partial charge in [-0.3, -0.25) is 4.68 Å². The van der Waals surface area contributed by atoms with Crippen LogP contribution in [0.2, 0.25) is 5.02 Å². The molecule has 1 heterocycles. The Morgan fingerprint density at radius 1 is 1.37 bits per heavy atom. The first-order valence-corrected chi connectivity index (χ1v) is 8.01. The summed E-state index contributed by atoms with van der Waals surface area (Å²) in [7, 11) is 0. The normalized spacial score (nSPS) is 25.5. The van der Waals surface area contributed by atoms with E-state index in [0.717, 1.165) is 23.2 Å². The fraction of sp³-hybridized carbons (Fsp3) is 0.800. The SMILES string of the molecule is CCCC1CCC(C(N)c2c(Cl)cnn2CC)CC1. The zero-order valence-corrected chi connectivity index (χ0v) is 12.9. The highest BCUT2D eigenvalue weighted by atomic mass is 35.5. The second-order valence-electron chi connectivity index (χ2n) is 5.79. The Bertz CT molecular complexity index is 394. The Balaban J connectivity index is 2.01. The van der Waals surface area contributed by atoms with Crippen LogP contribution in [0, 0.1) is 11.8 Å². The smallest absolute Gasteiger partial charge is 0.0834 e. The molecule has 0 bridgehead atoms. The maximum absolute atomic E-state index is 6.47. The molecule has 1 unspecified atom stereocenters. The lowest BCUT2D eigenvalue weighted by atomic mass is 9.76. The molecule has 0 amide bonds. The number of hydrogen-bond donors (Lipinski definition) is 1. The third-order valence-electron chi connectivity index (χ3n) is 4.54. The Morgan fingerprint density at radius 2 is 2.05 bits per heavy atom. The number of halogens is 1. The van der Waals surface area contributed by atoms with Crippen LogP contribution in [0.3, 0.4) is 0 Å². The molecule has 1 saturated carbocycles. The van der Waals surface area contributed by atoms with Crippen LogP contribution in [0.5, 0.6) is 0 Å². The van der Waals surface area contributed by atoms with Crippen molar-refractivity contribution in [3.05, 3.63) is 16.9 Å². The first-order valence-electron chi connectivity index (χ1n) is 7.64. The number of hydrogen-bond acceptors (Lipinski definition) is 2. The van der Waals surface area contributed by atoms with Crippen LogP contribution in [0.15, 0.2) is 6.20 Å². The van der Waals surface area contributed by atoms with Crippen molar-refractivity contribution >= 4 is 11.6 Å². The minimum absolute atomic E-state index is 0.0394. The lowest BCUT2D eigenvalue weighted by Gasteiger charge is -2.32. The molecule has 19 heavy (non-hydrogen) atoms. The first-order chi connectivity index (χ1) is 9.17. The van der Waals surface area contributed by atoms with Gasteiger partial charge in [0.25, 0.3) is 0 Å². The molecule has 0 aliphatic heterocycles. The van der Waals surface area contributed by atoms with Crippen molar-refractivity contribution in [3.63, 3.8) is 0 Å². The van der Waals surface area contributed by atoms with Crippen molar-refractivity contribution < 1.29 is 0 Å². The molecule has 2 rings (SSSR count). The van der Waals surface area contributed by atoms with E-state index in [4.69, 9.17) is 17.3 Å². The van der Waals surface area contributed by atoms with Gasteiger partial charge >= 0.3 is 0 Å². The summed E-state index contributed by atoms with van der Waals surface area (Å²) in [5.41, 5.74) is 7.50. The maximum atomic E-state index is 6.47. The molecule has 1 aromatic rings. The summed E-state index contributed by atoms with van der Waals surface area (Å²) in [4.78, 5) is 0. The zero-order chi connectivity index (χ0) is 13.8. The molecule has 1 fully saturated rings. The Kier molecular flexibility index (Phi) is 5.28. The second kappa shape index (κ2) is 6.76. The van der Waals surface area contributed by atoms with E-state index >= 15 is 0 Å². The van der Waals surface area contributed by atoms with Gasteiger partial charge in [-0.2, -0.15) is 5.10 Å². The number of aromatic nitrogens is 2. The molecule has 0 spiro atoms. The standard InChI is InChI=1S/C15H26ClN3/c1-3-5-11-6-8-12(9-7-11)14(17)15-13(16)10-18-19(15)4-2/h10-12,14H,3-9,17H2,1-2H3. The van der Waals surface area contributed by atoms with Crippen LogP contribution in [0.25, 0.3) is 0 Å². The highest BCUT2D eigenvalue weighted by molar-refractivity contribution is 6.31. The Morgan fingerprint density at radius 3 is 2.63 bits per heavy atom. The average Bonchev–Trinajstić information content (AvgIpc) is 2.80. The fourth-order valence-electron chi connectivity index (χ4n) is 3.42. The molecule has 0 saturated heterocycles. The molecule has 3 nitrogen and oxygen atoms in total. The molecule has 1 aliphatic rings. The molecule has 4 heteroatoms. The minimum atomic E-state index is 0.0394. The molecule has 1 aliphatic carbocycles. The van der Waals surface area contributed by atoms with E-state index < -0.39 is 0 Å². The lowest BCUT2D eigenvalue weighted by Crippen LogP contribution is -2.28. The topological polar surface area (TPSA) is 43.8 Å². The van der Waals surface area contributed by atoms with Crippen LogP contribution in [0.4, 0.5) is 0 Å². The largest absolute Gasteiger partial charge is 0.322 e. The van der Waals surface area contributed by atoms with Gasteiger partial charge < -0.3 is 5.73 Å². The van der Waals surface area contributed by atoms with Gasteiger partial charge in [-0.25, -0.2) is 0 Å². The molecule has 2 N–H and O–H groups in total. The van der Waals surface area contributed by atoms with E-state index in [0.29, 0.717) is 5.92 Å². The van der Waals surface area contributed by atoms with E-state index in [2.05, 4.69) is 18.9 Å². The van der Waals surface area contributed by atoms with Crippen LogP contribution in [-0.2, 0) is 6.54 Å². The van der Waals surface area contributed by atoms with Crippen molar-refractivity contribution in [1.29, 1.82) is 0 Å². The summed E-state index contributed by atoms with van der Waals surface area (Å²) in [6.07, 6.45) is 9.51. The third kappa shape index (κ3) is 3.32. The van der Waals surface area contributed by atoms with Gasteiger partial charge in [-0.1, -0.05) is 44.2 Å². The molecule has 0 radical (unpaired) electrons. The average molecular weight is 284 g/mol. The number of nitrogens with zero attached hydrogens (tertiary/aromatic N) is 2. The summed E-state index contributed by atoms with van der Waals surface area (Å²) in [5.74, 6) is 1.48. The van der Waals surface area contributed by atoms with E-state index in [1.807, 2.05) is 4.68 Å². The number of nitrogens with two attached hydrogens (primary N) is 1. The molecule has 108 valence electrons. The van der Waals surface area contributed by atoms with Crippen LogP contribution >= 0.6 is 11.6 Å². The highest BCUT2D eigenvalue weighted by Crippen LogP contribution is 2.38. The summed E-state index contributed by atoms with van der Waals surface area (Å²) in [6, 6.07) is 0.0394. The summed E-state index contributed by atoms with van der Waals surface area (Å²) < 4.78 is 1.95. The summed E-state index contributed by atoms with van der Waals surface area (Å²) >= 11 is 6.25. The monoisotopic (exact) mass is 283 g/mol. The van der Waals surface area contributed by atoms with Crippen molar-refractivity contribution in [2.24, 2.45) is 17.6 Å². The van der Waals surface area contributed by atoms with Gasteiger partial charge in [0, 0.05) is 6.54 Å². The zero-order valence-electron chi connectivity index (χ0n) is 12.1. The highest BCUT2D eigenvalue weighted by Gasteiger charge is 2.29. The predicted octanol–water partition coefficient (Wildman–Crippen LogP) is 4.16. The molecular formula is C15H26ClN3. The number of rotatable bonds is 5. The van der Waals surface area contributed by atoms with E-state index in [-0.39, 0.29) is 6.04 Å².